The van der Waals surface area contributed by atoms with Gasteiger partial charge in [0, 0.05) is 19.4 Å². The second-order valence-electron chi connectivity index (χ2n) is 8.46. The molecule has 0 radical (unpaired) electrons. The number of aromatic nitrogens is 3. The molecule has 0 saturated carbocycles. The van der Waals surface area contributed by atoms with Crippen molar-refractivity contribution in [1.29, 1.82) is 0 Å². The Balaban J connectivity index is 1.41. The van der Waals surface area contributed by atoms with Crippen LogP contribution in [0.3, 0.4) is 0 Å². The van der Waals surface area contributed by atoms with E-state index in [1.165, 1.54) is 11.0 Å². The number of hydrogen-bond acceptors (Lipinski definition) is 6. The van der Waals surface area contributed by atoms with Gasteiger partial charge in [-0.1, -0.05) is 48.5 Å². The maximum absolute atomic E-state index is 12.8. The Hall–Kier alpha value is -4.21. The Kier molecular flexibility index (Phi) is 7.09. The van der Waals surface area contributed by atoms with Gasteiger partial charge < -0.3 is 20.5 Å². The van der Waals surface area contributed by atoms with E-state index in [2.05, 4.69) is 20.7 Å². The smallest absolute Gasteiger partial charge is 0.407 e. The lowest BCUT2D eigenvalue weighted by molar-refractivity contribution is -0.137. The monoisotopic (exact) mass is 477 g/mol. The minimum Gasteiger partial charge on any atom is -0.481 e. The van der Waals surface area contributed by atoms with Crippen molar-refractivity contribution in [1.82, 2.24) is 25.4 Å². The van der Waals surface area contributed by atoms with E-state index >= 15 is 0 Å². The first-order valence-corrected chi connectivity index (χ1v) is 11.3. The van der Waals surface area contributed by atoms with Crippen LogP contribution in [0.15, 0.2) is 54.9 Å². The highest BCUT2D eigenvalue weighted by Crippen LogP contribution is 2.44. The van der Waals surface area contributed by atoms with Crippen molar-refractivity contribution in [2.45, 2.75) is 37.8 Å². The summed E-state index contributed by atoms with van der Waals surface area (Å²) < 4.78 is 7.02. The molecule has 3 aromatic rings. The summed E-state index contributed by atoms with van der Waals surface area (Å²) >= 11 is 0. The number of aliphatic carboxylic acids is 1. The predicted octanol–water partition coefficient (Wildman–Crippen LogP) is 2.76. The highest BCUT2D eigenvalue weighted by Gasteiger charge is 2.30. The summed E-state index contributed by atoms with van der Waals surface area (Å²) in [7, 11) is 1.71. The molecule has 4 rings (SSSR count). The van der Waals surface area contributed by atoms with Gasteiger partial charge in [0.15, 0.2) is 5.82 Å². The number of aryl methyl sites for hydroxylation is 1. The molecule has 3 N–H and O–H groups in total. The van der Waals surface area contributed by atoms with Crippen molar-refractivity contribution in [3.8, 4) is 11.1 Å². The van der Waals surface area contributed by atoms with Gasteiger partial charge in [0.2, 0.25) is 5.91 Å². The summed E-state index contributed by atoms with van der Waals surface area (Å²) in [6.45, 7) is 1.79. The lowest BCUT2D eigenvalue weighted by Gasteiger charge is -2.20. The van der Waals surface area contributed by atoms with Crippen molar-refractivity contribution in [2.24, 2.45) is 7.05 Å². The van der Waals surface area contributed by atoms with E-state index in [1.54, 1.807) is 14.0 Å². The van der Waals surface area contributed by atoms with Crippen molar-refractivity contribution in [3.05, 3.63) is 71.8 Å². The van der Waals surface area contributed by atoms with E-state index in [0.29, 0.717) is 5.82 Å². The molecule has 182 valence electrons. The van der Waals surface area contributed by atoms with Crippen molar-refractivity contribution < 1.29 is 24.2 Å². The van der Waals surface area contributed by atoms with Crippen molar-refractivity contribution in [3.63, 3.8) is 0 Å². The second kappa shape index (κ2) is 10.4. The summed E-state index contributed by atoms with van der Waals surface area (Å²) in [6.07, 6.45) is 0.335. The van der Waals surface area contributed by atoms with Gasteiger partial charge in [-0.25, -0.2) is 9.78 Å². The average Bonchev–Trinajstić information content (AvgIpc) is 3.41. The third-order valence-electron chi connectivity index (χ3n) is 5.96. The van der Waals surface area contributed by atoms with Crippen LogP contribution >= 0.6 is 0 Å². The third kappa shape index (κ3) is 5.48. The Morgan fingerprint density at radius 1 is 1.06 bits per heavy atom. The molecular formula is C25H27N5O5. The molecule has 10 heteroatoms. The van der Waals surface area contributed by atoms with Gasteiger partial charge in [0.05, 0.1) is 6.04 Å². The summed E-state index contributed by atoms with van der Waals surface area (Å²) in [5.74, 6) is -1.34. The van der Waals surface area contributed by atoms with E-state index in [1.807, 2.05) is 48.5 Å². The first-order chi connectivity index (χ1) is 16.8. The van der Waals surface area contributed by atoms with Crippen LogP contribution in [0.4, 0.5) is 4.79 Å². The molecule has 35 heavy (non-hydrogen) atoms. The summed E-state index contributed by atoms with van der Waals surface area (Å²) in [4.78, 5) is 40.7. The maximum atomic E-state index is 12.8. The number of carboxylic acid groups (broad SMARTS) is 1. The minimum absolute atomic E-state index is 0.0847. The number of carbonyl (C=O) groups is 3. The van der Waals surface area contributed by atoms with Gasteiger partial charge >= 0.3 is 12.1 Å². The van der Waals surface area contributed by atoms with Crippen LogP contribution in [-0.2, 0) is 21.4 Å². The molecule has 2 atom stereocenters. The Morgan fingerprint density at radius 2 is 1.69 bits per heavy atom. The second-order valence-corrected chi connectivity index (χ2v) is 8.46. The fraction of sp³-hybridized carbons (Fsp3) is 0.320. The first kappa shape index (κ1) is 23.9. The van der Waals surface area contributed by atoms with E-state index in [9.17, 15) is 14.4 Å². The number of carbonyl (C=O) groups excluding carboxylic acids is 2. The largest absolute Gasteiger partial charge is 0.481 e. The number of rotatable bonds is 9. The van der Waals surface area contributed by atoms with Gasteiger partial charge in [-0.05, 0) is 35.6 Å². The van der Waals surface area contributed by atoms with E-state index < -0.39 is 30.1 Å². The summed E-state index contributed by atoms with van der Waals surface area (Å²) in [6, 6.07) is 14.3. The number of carboxylic acids is 1. The summed E-state index contributed by atoms with van der Waals surface area (Å²) in [5, 5.41) is 18.5. The third-order valence-corrected chi connectivity index (χ3v) is 5.96. The maximum Gasteiger partial charge on any atom is 0.407 e. The van der Waals surface area contributed by atoms with Gasteiger partial charge in [-0.3, -0.25) is 14.3 Å². The number of ether oxygens (including phenoxy) is 1. The first-order valence-electron chi connectivity index (χ1n) is 11.3. The van der Waals surface area contributed by atoms with Gasteiger partial charge in [0.25, 0.3) is 0 Å². The molecule has 0 saturated heterocycles. The van der Waals surface area contributed by atoms with Crippen LogP contribution in [0.5, 0.6) is 0 Å². The molecule has 0 bridgehead atoms. The lowest BCUT2D eigenvalue weighted by Crippen LogP contribution is -2.48. The fourth-order valence-corrected chi connectivity index (χ4v) is 4.25. The van der Waals surface area contributed by atoms with E-state index in [4.69, 9.17) is 9.84 Å². The Bertz CT molecular complexity index is 1190. The number of amides is 2. The molecule has 2 unspecified atom stereocenters. The highest BCUT2D eigenvalue weighted by molar-refractivity contribution is 5.86. The van der Waals surface area contributed by atoms with Crippen LogP contribution in [0.25, 0.3) is 11.1 Å². The minimum atomic E-state index is -1.09. The lowest BCUT2D eigenvalue weighted by atomic mass is 9.98. The number of fused-ring (bicyclic) bond motifs is 3. The normalized spacial score (nSPS) is 13.9. The number of nitrogens with one attached hydrogen (secondary N) is 2. The van der Waals surface area contributed by atoms with Crippen LogP contribution in [0, 0.1) is 0 Å². The van der Waals surface area contributed by atoms with Gasteiger partial charge in [-0.15, -0.1) is 0 Å². The zero-order valence-electron chi connectivity index (χ0n) is 19.5. The van der Waals surface area contributed by atoms with Gasteiger partial charge in [0.1, 0.15) is 19.0 Å². The number of nitrogens with zero attached hydrogens (tertiary/aromatic N) is 3. The molecule has 2 amide bonds. The standard InChI is InChI=1S/C25H27N5O5/c1-15(23-26-14-30(2)29-23)27-24(33)21(11-12-22(31)32)28-25(34)35-13-20-18-9-5-3-7-16(18)17-8-4-6-10-19(17)20/h3-10,14-15,20-21H,11-13H2,1-2H3,(H,27,33)(H,28,34)(H,31,32). The quantitative estimate of drug-likeness (QED) is 0.431. The van der Waals surface area contributed by atoms with Crippen LogP contribution in [-0.4, -0.2) is 50.5 Å². The molecule has 1 aliphatic carbocycles. The number of hydrogen-bond donors (Lipinski definition) is 3. The van der Waals surface area contributed by atoms with E-state index in [-0.39, 0.29) is 25.4 Å². The average molecular weight is 478 g/mol. The van der Waals surface area contributed by atoms with Crippen molar-refractivity contribution >= 4 is 18.0 Å². The topological polar surface area (TPSA) is 135 Å². The SMILES string of the molecule is CC(NC(=O)C(CCC(=O)O)NC(=O)OCC1c2ccccc2-c2ccccc21)c1ncn(C)n1. The Morgan fingerprint density at radius 3 is 2.26 bits per heavy atom. The van der Waals surface area contributed by atoms with E-state index in [0.717, 1.165) is 22.3 Å². The zero-order chi connectivity index (χ0) is 24.9. The number of alkyl carbamates (subject to hydrolysis) is 1. The number of benzene rings is 2. The molecule has 1 aromatic heterocycles. The van der Waals surface area contributed by atoms with Crippen LogP contribution in [0.1, 0.15) is 48.7 Å². The fourth-order valence-electron chi connectivity index (χ4n) is 4.25. The molecule has 0 spiro atoms. The summed E-state index contributed by atoms with van der Waals surface area (Å²) in [5.41, 5.74) is 4.34. The zero-order valence-corrected chi connectivity index (χ0v) is 19.5. The molecular weight excluding hydrogens is 450 g/mol. The van der Waals surface area contributed by atoms with Gasteiger partial charge in [-0.2, -0.15) is 5.10 Å². The molecule has 1 aliphatic rings. The Labute approximate surface area is 202 Å². The molecule has 0 aliphatic heterocycles. The molecule has 0 fully saturated rings. The molecule has 10 nitrogen and oxygen atoms in total. The predicted molar refractivity (Wildman–Crippen MR) is 126 cm³/mol. The molecule has 2 aromatic carbocycles. The molecule has 1 heterocycles. The van der Waals surface area contributed by atoms with Crippen LogP contribution in [0.2, 0.25) is 0 Å². The van der Waals surface area contributed by atoms with Crippen molar-refractivity contribution in [2.75, 3.05) is 6.61 Å². The van der Waals surface area contributed by atoms with Crippen LogP contribution < -0.4 is 10.6 Å². The highest BCUT2D eigenvalue weighted by atomic mass is 16.5.